The molecular formula is C21H22ClN5OS. The average molecular weight is 428 g/mol. The van der Waals surface area contributed by atoms with Gasteiger partial charge in [-0.25, -0.2) is 15.0 Å². The number of nitrogens with zero attached hydrogens (tertiary/aromatic N) is 5. The molecule has 1 aliphatic rings. The Bertz CT molecular complexity index is 1050. The molecule has 1 aromatic carbocycles. The summed E-state index contributed by atoms with van der Waals surface area (Å²) < 4.78 is 0. The third-order valence-corrected chi connectivity index (χ3v) is 6.26. The van der Waals surface area contributed by atoms with Crippen molar-refractivity contribution in [2.24, 2.45) is 0 Å². The van der Waals surface area contributed by atoms with Crippen LogP contribution in [0.1, 0.15) is 39.9 Å². The van der Waals surface area contributed by atoms with Gasteiger partial charge < -0.3 is 9.80 Å². The number of amides is 1. The second-order valence-corrected chi connectivity index (χ2v) is 8.59. The standard InChI is InChI=1S/C21H22ClN5OS/c1-13-19(29-12-24-13)20(28)27-9-5-8-17(27)18-16(11-23-21(25-18)26(2)3)14-6-4-7-15(22)10-14/h4,6-7,10-12,17H,5,8-9H2,1-3H3/t17-/m1/s1. The van der Waals surface area contributed by atoms with Gasteiger partial charge in [0.25, 0.3) is 5.91 Å². The number of rotatable bonds is 4. The highest BCUT2D eigenvalue weighted by atomic mass is 35.5. The minimum absolute atomic E-state index is 0.0227. The largest absolute Gasteiger partial charge is 0.347 e. The number of halogens is 1. The van der Waals surface area contributed by atoms with E-state index >= 15 is 0 Å². The van der Waals surface area contributed by atoms with E-state index in [-0.39, 0.29) is 11.9 Å². The van der Waals surface area contributed by atoms with Gasteiger partial charge in [0.2, 0.25) is 5.95 Å². The van der Waals surface area contributed by atoms with Crippen LogP contribution in [0.5, 0.6) is 0 Å². The molecule has 3 aromatic rings. The van der Waals surface area contributed by atoms with Crippen molar-refractivity contribution >= 4 is 34.8 Å². The van der Waals surface area contributed by atoms with E-state index in [2.05, 4.69) is 9.97 Å². The summed E-state index contributed by atoms with van der Waals surface area (Å²) >= 11 is 7.62. The molecule has 1 fully saturated rings. The quantitative estimate of drug-likeness (QED) is 0.608. The average Bonchev–Trinajstić information content (AvgIpc) is 3.36. The fourth-order valence-corrected chi connectivity index (χ4v) is 4.61. The minimum Gasteiger partial charge on any atom is -0.347 e. The lowest BCUT2D eigenvalue weighted by Gasteiger charge is -2.26. The molecule has 150 valence electrons. The molecule has 3 heterocycles. The monoisotopic (exact) mass is 427 g/mol. The highest BCUT2D eigenvalue weighted by Gasteiger charge is 2.35. The first-order valence-corrected chi connectivity index (χ1v) is 10.7. The van der Waals surface area contributed by atoms with Crippen LogP contribution >= 0.6 is 22.9 Å². The minimum atomic E-state index is -0.111. The molecule has 2 aromatic heterocycles. The Morgan fingerprint density at radius 1 is 1.31 bits per heavy atom. The van der Waals surface area contributed by atoms with Crippen LogP contribution in [0, 0.1) is 6.92 Å². The third kappa shape index (κ3) is 3.84. The summed E-state index contributed by atoms with van der Waals surface area (Å²) in [5.74, 6) is 0.647. The first kappa shape index (κ1) is 19.8. The summed E-state index contributed by atoms with van der Waals surface area (Å²) in [6, 6.07) is 7.56. The number of hydrogen-bond donors (Lipinski definition) is 0. The molecule has 0 spiro atoms. The van der Waals surface area contributed by atoms with Crippen LogP contribution in [0.2, 0.25) is 5.02 Å². The SMILES string of the molecule is Cc1ncsc1C(=O)N1CCC[C@@H]1c1nc(N(C)C)ncc1-c1cccc(Cl)c1. The van der Waals surface area contributed by atoms with E-state index in [0.717, 1.165) is 35.4 Å². The Hall–Kier alpha value is -2.51. The lowest BCUT2D eigenvalue weighted by Crippen LogP contribution is -2.31. The second-order valence-electron chi connectivity index (χ2n) is 7.30. The number of aryl methyl sites for hydroxylation is 1. The smallest absolute Gasteiger partial charge is 0.266 e. The predicted octanol–water partition coefficient (Wildman–Crippen LogP) is 4.61. The number of carbonyl (C=O) groups excluding carboxylic acids is 1. The molecule has 0 saturated carbocycles. The van der Waals surface area contributed by atoms with Crippen molar-refractivity contribution in [2.75, 3.05) is 25.5 Å². The van der Waals surface area contributed by atoms with Crippen LogP contribution in [0.3, 0.4) is 0 Å². The highest BCUT2D eigenvalue weighted by Crippen LogP contribution is 2.38. The summed E-state index contributed by atoms with van der Waals surface area (Å²) in [4.78, 5) is 31.4. The Morgan fingerprint density at radius 2 is 2.14 bits per heavy atom. The molecule has 1 atom stereocenters. The lowest BCUT2D eigenvalue weighted by atomic mass is 9.99. The van der Waals surface area contributed by atoms with Gasteiger partial charge in [-0.2, -0.15) is 0 Å². The number of hydrogen-bond acceptors (Lipinski definition) is 6. The van der Waals surface area contributed by atoms with Gasteiger partial charge in [-0.1, -0.05) is 23.7 Å². The van der Waals surface area contributed by atoms with E-state index in [1.807, 2.05) is 61.3 Å². The van der Waals surface area contributed by atoms with Crippen molar-refractivity contribution in [3.05, 3.63) is 57.3 Å². The van der Waals surface area contributed by atoms with Crippen molar-refractivity contribution in [1.82, 2.24) is 19.9 Å². The molecule has 0 radical (unpaired) electrons. The molecule has 1 amide bonds. The topological polar surface area (TPSA) is 62.2 Å². The zero-order valence-corrected chi connectivity index (χ0v) is 18.2. The van der Waals surface area contributed by atoms with Crippen LogP contribution < -0.4 is 4.90 Å². The molecule has 0 unspecified atom stereocenters. The van der Waals surface area contributed by atoms with Crippen LogP contribution in [-0.2, 0) is 0 Å². The van der Waals surface area contributed by atoms with Gasteiger partial charge >= 0.3 is 0 Å². The Kier molecular flexibility index (Phi) is 5.52. The number of likely N-dealkylation sites (tertiary alicyclic amines) is 1. The number of thiazole rings is 1. The van der Waals surface area contributed by atoms with Gasteiger partial charge in [0, 0.05) is 37.4 Å². The molecule has 8 heteroatoms. The summed E-state index contributed by atoms with van der Waals surface area (Å²) in [5.41, 5.74) is 5.21. The van der Waals surface area contributed by atoms with Gasteiger partial charge in [-0.3, -0.25) is 4.79 Å². The zero-order valence-electron chi connectivity index (χ0n) is 16.6. The van der Waals surface area contributed by atoms with Crippen molar-refractivity contribution < 1.29 is 4.79 Å². The highest BCUT2D eigenvalue weighted by molar-refractivity contribution is 7.11. The number of anilines is 1. The molecule has 6 nitrogen and oxygen atoms in total. The van der Waals surface area contributed by atoms with Gasteiger partial charge in [0.1, 0.15) is 4.88 Å². The normalized spacial score (nSPS) is 16.3. The lowest BCUT2D eigenvalue weighted by molar-refractivity contribution is 0.0737. The Morgan fingerprint density at radius 3 is 2.83 bits per heavy atom. The molecule has 4 rings (SSSR count). The fraction of sp³-hybridized carbons (Fsp3) is 0.333. The van der Waals surface area contributed by atoms with E-state index in [1.54, 1.807) is 5.51 Å². The molecule has 1 saturated heterocycles. The number of aromatic nitrogens is 3. The first-order chi connectivity index (χ1) is 14.0. The zero-order chi connectivity index (χ0) is 20.5. The van der Waals surface area contributed by atoms with Gasteiger partial charge in [-0.05, 0) is 37.5 Å². The van der Waals surface area contributed by atoms with Crippen molar-refractivity contribution in [3.8, 4) is 11.1 Å². The van der Waals surface area contributed by atoms with Crippen LogP contribution in [0.4, 0.5) is 5.95 Å². The summed E-state index contributed by atoms with van der Waals surface area (Å²) in [5, 5.41) is 0.657. The molecule has 0 N–H and O–H groups in total. The van der Waals surface area contributed by atoms with E-state index in [0.29, 0.717) is 22.4 Å². The Labute approximate surface area is 179 Å². The molecule has 29 heavy (non-hydrogen) atoms. The van der Waals surface area contributed by atoms with Crippen LogP contribution in [0.15, 0.2) is 36.0 Å². The maximum absolute atomic E-state index is 13.3. The molecule has 1 aliphatic heterocycles. The second kappa shape index (κ2) is 8.08. The molecule has 0 aliphatic carbocycles. The van der Waals surface area contributed by atoms with E-state index in [4.69, 9.17) is 16.6 Å². The summed E-state index contributed by atoms with van der Waals surface area (Å²) in [6.45, 7) is 2.58. The number of carbonyl (C=O) groups is 1. The fourth-order valence-electron chi connectivity index (χ4n) is 3.66. The first-order valence-electron chi connectivity index (χ1n) is 9.47. The molecular weight excluding hydrogens is 406 g/mol. The maximum Gasteiger partial charge on any atom is 0.266 e. The number of benzene rings is 1. The van der Waals surface area contributed by atoms with E-state index in [1.165, 1.54) is 11.3 Å². The predicted molar refractivity (Wildman–Crippen MR) is 117 cm³/mol. The van der Waals surface area contributed by atoms with E-state index < -0.39 is 0 Å². The molecule has 0 bridgehead atoms. The van der Waals surface area contributed by atoms with Crippen molar-refractivity contribution in [2.45, 2.75) is 25.8 Å². The van der Waals surface area contributed by atoms with Gasteiger partial charge in [0.15, 0.2) is 0 Å². The van der Waals surface area contributed by atoms with Gasteiger partial charge in [-0.15, -0.1) is 11.3 Å². The third-order valence-electron chi connectivity index (χ3n) is 5.11. The van der Waals surface area contributed by atoms with Crippen LogP contribution in [0.25, 0.3) is 11.1 Å². The Balaban J connectivity index is 1.80. The summed E-state index contributed by atoms with van der Waals surface area (Å²) in [7, 11) is 3.83. The summed E-state index contributed by atoms with van der Waals surface area (Å²) in [6.07, 6.45) is 3.63. The van der Waals surface area contributed by atoms with Crippen molar-refractivity contribution in [3.63, 3.8) is 0 Å². The van der Waals surface area contributed by atoms with E-state index in [9.17, 15) is 4.79 Å². The van der Waals surface area contributed by atoms with Crippen LogP contribution in [-0.4, -0.2) is 46.4 Å². The maximum atomic E-state index is 13.3. The van der Waals surface area contributed by atoms with Gasteiger partial charge in [0.05, 0.1) is 22.9 Å². The van der Waals surface area contributed by atoms with Crippen molar-refractivity contribution in [1.29, 1.82) is 0 Å².